The van der Waals surface area contributed by atoms with E-state index in [1.165, 1.54) is 5.01 Å². The zero-order valence-corrected chi connectivity index (χ0v) is 8.47. The van der Waals surface area contributed by atoms with Crippen molar-refractivity contribution in [1.29, 1.82) is 0 Å². The van der Waals surface area contributed by atoms with E-state index in [2.05, 4.69) is 0 Å². The number of hydrazine groups is 1. The van der Waals surface area contributed by atoms with Gasteiger partial charge in [-0.25, -0.2) is 5.01 Å². The second kappa shape index (κ2) is 4.95. The first kappa shape index (κ1) is 11.0. The van der Waals surface area contributed by atoms with Gasteiger partial charge in [-0.1, -0.05) is 12.1 Å². The fraction of sp³-hybridized carbons (Fsp3) is 0.400. The van der Waals surface area contributed by atoms with Crippen molar-refractivity contribution in [3.05, 3.63) is 29.8 Å². The normalized spacial score (nSPS) is 12.9. The molecule has 1 aromatic rings. The molecule has 0 saturated carbocycles. The third-order valence-corrected chi connectivity index (χ3v) is 1.96. The standard InChI is InChI=1S/C10H16N2O2/c1-12(11)7-10(13)8-3-5-9(14-2)6-4-8/h3-6,10,13H,7,11H2,1-2H3. The van der Waals surface area contributed by atoms with E-state index in [0.717, 1.165) is 11.3 Å². The van der Waals surface area contributed by atoms with Crippen LogP contribution in [-0.4, -0.2) is 30.8 Å². The number of nitrogens with two attached hydrogens (primary N) is 1. The van der Waals surface area contributed by atoms with E-state index in [-0.39, 0.29) is 0 Å². The lowest BCUT2D eigenvalue weighted by Gasteiger charge is -2.15. The molecule has 3 N–H and O–H groups in total. The third kappa shape index (κ3) is 2.99. The number of aliphatic hydroxyl groups excluding tert-OH is 1. The molecule has 0 fully saturated rings. The van der Waals surface area contributed by atoms with E-state index in [1.54, 1.807) is 14.2 Å². The molecule has 0 aliphatic rings. The minimum absolute atomic E-state index is 0.409. The molecule has 0 aliphatic carbocycles. The van der Waals surface area contributed by atoms with Crippen molar-refractivity contribution in [3.63, 3.8) is 0 Å². The average Bonchev–Trinajstić information content (AvgIpc) is 2.17. The lowest BCUT2D eigenvalue weighted by molar-refractivity contribution is 0.127. The number of likely N-dealkylation sites (N-methyl/N-ethyl adjacent to an activating group) is 1. The smallest absolute Gasteiger partial charge is 0.118 e. The second-order valence-corrected chi connectivity index (χ2v) is 3.23. The molecular formula is C10H16N2O2. The first-order valence-corrected chi connectivity index (χ1v) is 4.41. The predicted molar refractivity (Wildman–Crippen MR) is 54.8 cm³/mol. The third-order valence-electron chi connectivity index (χ3n) is 1.96. The first-order valence-electron chi connectivity index (χ1n) is 4.41. The van der Waals surface area contributed by atoms with Gasteiger partial charge >= 0.3 is 0 Å². The van der Waals surface area contributed by atoms with Crippen LogP contribution in [0, 0.1) is 0 Å². The highest BCUT2D eigenvalue weighted by Crippen LogP contribution is 2.17. The summed E-state index contributed by atoms with van der Waals surface area (Å²) in [5, 5.41) is 11.1. The Morgan fingerprint density at radius 3 is 2.43 bits per heavy atom. The monoisotopic (exact) mass is 196 g/mol. The van der Waals surface area contributed by atoms with Crippen molar-refractivity contribution in [3.8, 4) is 5.75 Å². The van der Waals surface area contributed by atoms with Gasteiger partial charge < -0.3 is 9.84 Å². The van der Waals surface area contributed by atoms with Crippen LogP contribution in [0.4, 0.5) is 0 Å². The van der Waals surface area contributed by atoms with E-state index < -0.39 is 6.10 Å². The second-order valence-electron chi connectivity index (χ2n) is 3.23. The van der Waals surface area contributed by atoms with Crippen molar-refractivity contribution in [2.75, 3.05) is 20.7 Å². The van der Waals surface area contributed by atoms with Crippen LogP contribution in [0.1, 0.15) is 11.7 Å². The quantitative estimate of drug-likeness (QED) is 0.545. The van der Waals surface area contributed by atoms with Crippen LogP contribution >= 0.6 is 0 Å². The average molecular weight is 196 g/mol. The summed E-state index contributed by atoms with van der Waals surface area (Å²) in [7, 11) is 3.33. The summed E-state index contributed by atoms with van der Waals surface area (Å²) in [6.45, 7) is 0.409. The Morgan fingerprint density at radius 2 is 2.00 bits per heavy atom. The summed E-state index contributed by atoms with van der Waals surface area (Å²) in [6, 6.07) is 7.28. The topological polar surface area (TPSA) is 58.7 Å². The summed E-state index contributed by atoms with van der Waals surface area (Å²) in [5.74, 6) is 6.22. The van der Waals surface area contributed by atoms with Crippen LogP contribution in [0.15, 0.2) is 24.3 Å². The molecule has 1 unspecified atom stereocenters. The Labute approximate surface area is 83.9 Å². The van der Waals surface area contributed by atoms with Crippen LogP contribution in [0.3, 0.4) is 0 Å². The largest absolute Gasteiger partial charge is 0.497 e. The van der Waals surface area contributed by atoms with Crippen molar-refractivity contribution in [2.45, 2.75) is 6.10 Å². The van der Waals surface area contributed by atoms with Gasteiger partial charge in [0, 0.05) is 13.6 Å². The van der Waals surface area contributed by atoms with Crippen molar-refractivity contribution in [2.24, 2.45) is 5.84 Å². The molecule has 1 atom stereocenters. The molecule has 0 aromatic heterocycles. The Balaban J connectivity index is 2.66. The number of rotatable bonds is 4. The molecule has 0 radical (unpaired) electrons. The van der Waals surface area contributed by atoms with E-state index in [4.69, 9.17) is 10.6 Å². The Hall–Kier alpha value is -1.10. The maximum atomic E-state index is 9.69. The van der Waals surface area contributed by atoms with Gasteiger partial charge in [-0.05, 0) is 17.7 Å². The molecule has 1 aromatic carbocycles. The first-order chi connectivity index (χ1) is 6.63. The minimum atomic E-state index is -0.559. The van der Waals surface area contributed by atoms with E-state index in [1.807, 2.05) is 24.3 Å². The number of benzene rings is 1. The van der Waals surface area contributed by atoms with Crippen LogP contribution in [-0.2, 0) is 0 Å². The van der Waals surface area contributed by atoms with Gasteiger partial charge in [-0.3, -0.25) is 5.84 Å². The van der Waals surface area contributed by atoms with Crippen molar-refractivity contribution < 1.29 is 9.84 Å². The highest BCUT2D eigenvalue weighted by molar-refractivity contribution is 5.28. The zero-order chi connectivity index (χ0) is 10.6. The summed E-state index contributed by atoms with van der Waals surface area (Å²) in [5.41, 5.74) is 0.836. The van der Waals surface area contributed by atoms with Crippen LogP contribution in [0.2, 0.25) is 0 Å². The lowest BCUT2D eigenvalue weighted by atomic mass is 10.1. The van der Waals surface area contributed by atoms with Crippen LogP contribution in [0.5, 0.6) is 5.75 Å². The van der Waals surface area contributed by atoms with Gasteiger partial charge in [0.25, 0.3) is 0 Å². The van der Waals surface area contributed by atoms with Gasteiger partial charge in [0.15, 0.2) is 0 Å². The lowest BCUT2D eigenvalue weighted by Crippen LogP contribution is -2.30. The molecule has 0 spiro atoms. The van der Waals surface area contributed by atoms with Crippen LogP contribution < -0.4 is 10.6 Å². The van der Waals surface area contributed by atoms with Gasteiger partial charge in [-0.2, -0.15) is 0 Å². The van der Waals surface area contributed by atoms with Crippen molar-refractivity contribution >= 4 is 0 Å². The number of ether oxygens (including phenoxy) is 1. The van der Waals surface area contributed by atoms with E-state index in [0.29, 0.717) is 6.54 Å². The molecule has 78 valence electrons. The molecule has 4 nitrogen and oxygen atoms in total. The van der Waals surface area contributed by atoms with Gasteiger partial charge in [0.05, 0.1) is 13.2 Å². The highest BCUT2D eigenvalue weighted by Gasteiger charge is 2.08. The maximum absolute atomic E-state index is 9.69. The number of nitrogens with zero attached hydrogens (tertiary/aromatic N) is 1. The van der Waals surface area contributed by atoms with E-state index >= 15 is 0 Å². The number of methoxy groups -OCH3 is 1. The highest BCUT2D eigenvalue weighted by atomic mass is 16.5. The molecule has 0 aliphatic heterocycles. The number of hydrogen-bond donors (Lipinski definition) is 2. The molecule has 14 heavy (non-hydrogen) atoms. The Kier molecular flexibility index (Phi) is 3.88. The maximum Gasteiger partial charge on any atom is 0.118 e. The Morgan fingerprint density at radius 1 is 1.43 bits per heavy atom. The molecule has 0 saturated heterocycles. The van der Waals surface area contributed by atoms with Crippen molar-refractivity contribution in [1.82, 2.24) is 5.01 Å². The fourth-order valence-electron chi connectivity index (χ4n) is 1.20. The fourth-order valence-corrected chi connectivity index (χ4v) is 1.20. The van der Waals surface area contributed by atoms with E-state index in [9.17, 15) is 5.11 Å². The molecule has 1 rings (SSSR count). The van der Waals surface area contributed by atoms with Crippen LogP contribution in [0.25, 0.3) is 0 Å². The SMILES string of the molecule is COc1ccc(C(O)CN(C)N)cc1. The predicted octanol–water partition coefficient (Wildman–Crippen LogP) is 0.534. The van der Waals surface area contributed by atoms with Gasteiger partial charge in [0.2, 0.25) is 0 Å². The minimum Gasteiger partial charge on any atom is -0.497 e. The number of aliphatic hydroxyl groups is 1. The Bertz CT molecular complexity index is 272. The summed E-state index contributed by atoms with van der Waals surface area (Å²) >= 11 is 0. The molecule has 0 heterocycles. The summed E-state index contributed by atoms with van der Waals surface area (Å²) in [4.78, 5) is 0. The summed E-state index contributed by atoms with van der Waals surface area (Å²) in [6.07, 6.45) is -0.559. The summed E-state index contributed by atoms with van der Waals surface area (Å²) < 4.78 is 5.01. The molecule has 4 heteroatoms. The number of hydrogen-bond acceptors (Lipinski definition) is 4. The molecule has 0 amide bonds. The van der Waals surface area contributed by atoms with Gasteiger partial charge in [0.1, 0.15) is 5.75 Å². The van der Waals surface area contributed by atoms with Gasteiger partial charge in [-0.15, -0.1) is 0 Å². The zero-order valence-electron chi connectivity index (χ0n) is 8.47. The molecule has 0 bridgehead atoms. The molecular weight excluding hydrogens is 180 g/mol.